The maximum Gasteiger partial charge on any atom is 0.117 e. The Balaban J connectivity index is 2.17. The van der Waals surface area contributed by atoms with E-state index in [0.29, 0.717) is 12.5 Å². The molecule has 1 atom stereocenters. The zero-order valence-corrected chi connectivity index (χ0v) is 11.1. The van der Waals surface area contributed by atoms with Gasteiger partial charge in [-0.15, -0.1) is 0 Å². The van der Waals surface area contributed by atoms with Crippen LogP contribution in [0.25, 0.3) is 5.69 Å². The third-order valence-corrected chi connectivity index (χ3v) is 3.95. The Hall–Kier alpha value is -1.81. The summed E-state index contributed by atoms with van der Waals surface area (Å²) < 4.78 is 1.96. The van der Waals surface area contributed by atoms with Crippen LogP contribution >= 0.6 is 0 Å². The van der Waals surface area contributed by atoms with Gasteiger partial charge in [0.25, 0.3) is 0 Å². The number of benzene rings is 1. The topological polar surface area (TPSA) is 64.1 Å². The Morgan fingerprint density at radius 1 is 1.47 bits per heavy atom. The van der Waals surface area contributed by atoms with E-state index in [1.165, 1.54) is 17.7 Å². The van der Waals surface area contributed by atoms with Crippen molar-refractivity contribution in [2.75, 3.05) is 6.54 Å². The van der Waals surface area contributed by atoms with Gasteiger partial charge in [0.2, 0.25) is 0 Å². The van der Waals surface area contributed by atoms with Crippen LogP contribution in [0, 0.1) is 6.92 Å². The number of aromatic hydroxyl groups is 1. The molecule has 0 saturated carbocycles. The van der Waals surface area contributed by atoms with Crippen molar-refractivity contribution in [3.63, 3.8) is 0 Å². The summed E-state index contributed by atoms with van der Waals surface area (Å²) in [6.45, 7) is 2.70. The van der Waals surface area contributed by atoms with Gasteiger partial charge >= 0.3 is 0 Å². The molecule has 1 aromatic heterocycles. The molecule has 1 aliphatic carbocycles. The summed E-state index contributed by atoms with van der Waals surface area (Å²) in [6, 6.07) is 7.23. The summed E-state index contributed by atoms with van der Waals surface area (Å²) in [5.74, 6) is 0.631. The predicted octanol–water partition coefficient (Wildman–Crippen LogP) is 2.26. The van der Waals surface area contributed by atoms with Gasteiger partial charge in [0, 0.05) is 18.5 Å². The Morgan fingerprint density at radius 2 is 2.32 bits per heavy atom. The average molecular weight is 257 g/mol. The molecule has 0 aliphatic heterocycles. The lowest BCUT2D eigenvalue weighted by Gasteiger charge is -2.23. The number of hydrogen-bond donors (Lipinski definition) is 2. The quantitative estimate of drug-likeness (QED) is 0.867. The summed E-state index contributed by atoms with van der Waals surface area (Å²) in [6.07, 6.45) is 3.38. The van der Waals surface area contributed by atoms with Gasteiger partial charge in [-0.2, -0.15) is 5.10 Å². The highest BCUT2D eigenvalue weighted by atomic mass is 16.3. The summed E-state index contributed by atoms with van der Waals surface area (Å²) in [5.41, 5.74) is 10.5. The highest BCUT2D eigenvalue weighted by Crippen LogP contribution is 2.34. The second-order valence-electron chi connectivity index (χ2n) is 5.21. The lowest BCUT2D eigenvalue weighted by Crippen LogP contribution is -2.21. The van der Waals surface area contributed by atoms with Crippen molar-refractivity contribution >= 4 is 0 Å². The minimum Gasteiger partial charge on any atom is -0.508 e. The van der Waals surface area contributed by atoms with Crippen molar-refractivity contribution < 1.29 is 5.11 Å². The van der Waals surface area contributed by atoms with Crippen LogP contribution in [-0.2, 0) is 6.42 Å². The van der Waals surface area contributed by atoms with E-state index >= 15 is 0 Å². The molecule has 2 aromatic rings. The number of phenols is 1. The van der Waals surface area contributed by atoms with E-state index in [2.05, 4.69) is 12.0 Å². The number of nitrogens with two attached hydrogens (primary N) is 1. The van der Waals surface area contributed by atoms with Crippen molar-refractivity contribution in [1.82, 2.24) is 9.78 Å². The summed E-state index contributed by atoms with van der Waals surface area (Å²) in [5, 5.41) is 14.3. The SMILES string of the molecule is Cc1nn(-c2cccc(O)c2)c2c1CCCC2CN. The first-order chi connectivity index (χ1) is 9.20. The maximum atomic E-state index is 9.64. The number of fused-ring (bicyclic) bond motifs is 1. The Kier molecular flexibility index (Phi) is 3.03. The van der Waals surface area contributed by atoms with Gasteiger partial charge in [0.05, 0.1) is 17.1 Å². The normalized spacial score (nSPS) is 18.3. The van der Waals surface area contributed by atoms with Crippen molar-refractivity contribution in [3.05, 3.63) is 41.2 Å². The largest absolute Gasteiger partial charge is 0.508 e. The van der Waals surface area contributed by atoms with Crippen LogP contribution in [0.15, 0.2) is 24.3 Å². The van der Waals surface area contributed by atoms with Crippen LogP contribution in [-0.4, -0.2) is 21.4 Å². The molecule has 0 amide bonds. The molecule has 0 saturated heterocycles. The lowest BCUT2D eigenvalue weighted by atomic mass is 9.86. The number of aryl methyl sites for hydroxylation is 1. The first-order valence-electron chi connectivity index (χ1n) is 6.78. The molecule has 1 heterocycles. The summed E-state index contributed by atoms with van der Waals surface area (Å²) >= 11 is 0. The van der Waals surface area contributed by atoms with Crippen LogP contribution in [0.5, 0.6) is 5.75 Å². The minimum atomic E-state index is 0.263. The monoisotopic (exact) mass is 257 g/mol. The molecule has 1 aromatic carbocycles. The van der Waals surface area contributed by atoms with Gasteiger partial charge in [-0.3, -0.25) is 0 Å². The molecule has 19 heavy (non-hydrogen) atoms. The maximum absolute atomic E-state index is 9.64. The molecule has 4 heteroatoms. The third-order valence-electron chi connectivity index (χ3n) is 3.95. The van der Waals surface area contributed by atoms with Crippen LogP contribution in [0.3, 0.4) is 0 Å². The van der Waals surface area contributed by atoms with Gasteiger partial charge in [0.1, 0.15) is 5.75 Å². The molecule has 0 bridgehead atoms. The fourth-order valence-electron chi connectivity index (χ4n) is 3.02. The average Bonchev–Trinajstić information content (AvgIpc) is 2.76. The standard InChI is InChI=1S/C15H19N3O/c1-10-14-7-2-4-11(9-16)15(14)18(17-10)12-5-3-6-13(19)8-12/h3,5-6,8,11,19H,2,4,7,9,16H2,1H3. The molecular formula is C15H19N3O. The van der Waals surface area contributed by atoms with Gasteiger partial charge in [-0.1, -0.05) is 6.07 Å². The number of phenolic OH excluding ortho intramolecular Hbond substituents is 1. The predicted molar refractivity (Wildman–Crippen MR) is 74.7 cm³/mol. The number of nitrogens with zero attached hydrogens (tertiary/aromatic N) is 2. The van der Waals surface area contributed by atoms with Crippen LogP contribution in [0.2, 0.25) is 0 Å². The fourth-order valence-corrected chi connectivity index (χ4v) is 3.02. The van der Waals surface area contributed by atoms with Crippen LogP contribution < -0.4 is 5.73 Å². The molecule has 100 valence electrons. The number of aromatic nitrogens is 2. The van der Waals surface area contributed by atoms with E-state index in [4.69, 9.17) is 5.73 Å². The summed E-state index contributed by atoms with van der Waals surface area (Å²) in [4.78, 5) is 0. The minimum absolute atomic E-state index is 0.263. The molecule has 1 aliphatic rings. The van der Waals surface area contributed by atoms with Gasteiger partial charge < -0.3 is 10.8 Å². The Morgan fingerprint density at radius 3 is 3.05 bits per heavy atom. The van der Waals surface area contributed by atoms with E-state index in [-0.39, 0.29) is 5.75 Å². The molecule has 1 unspecified atom stereocenters. The Bertz CT molecular complexity index is 603. The van der Waals surface area contributed by atoms with Crippen molar-refractivity contribution in [2.24, 2.45) is 5.73 Å². The second-order valence-corrected chi connectivity index (χ2v) is 5.21. The first-order valence-corrected chi connectivity index (χ1v) is 6.78. The third kappa shape index (κ3) is 2.02. The highest BCUT2D eigenvalue weighted by molar-refractivity contribution is 5.43. The zero-order valence-electron chi connectivity index (χ0n) is 11.1. The molecule has 4 nitrogen and oxygen atoms in total. The smallest absolute Gasteiger partial charge is 0.117 e. The lowest BCUT2D eigenvalue weighted by molar-refractivity contribution is 0.474. The van der Waals surface area contributed by atoms with E-state index < -0.39 is 0 Å². The van der Waals surface area contributed by atoms with Gasteiger partial charge in [0.15, 0.2) is 0 Å². The number of hydrogen-bond acceptors (Lipinski definition) is 3. The van der Waals surface area contributed by atoms with E-state index in [1.54, 1.807) is 12.1 Å². The molecular weight excluding hydrogens is 238 g/mol. The van der Waals surface area contributed by atoms with Gasteiger partial charge in [-0.25, -0.2) is 4.68 Å². The Labute approximate surface area is 112 Å². The van der Waals surface area contributed by atoms with Crippen LogP contribution in [0.4, 0.5) is 0 Å². The second kappa shape index (κ2) is 4.70. The van der Waals surface area contributed by atoms with E-state index in [0.717, 1.165) is 24.2 Å². The molecule has 3 rings (SSSR count). The van der Waals surface area contributed by atoms with Gasteiger partial charge in [-0.05, 0) is 43.9 Å². The van der Waals surface area contributed by atoms with E-state index in [1.807, 2.05) is 16.8 Å². The fraction of sp³-hybridized carbons (Fsp3) is 0.400. The van der Waals surface area contributed by atoms with Crippen LogP contribution in [0.1, 0.15) is 35.7 Å². The molecule has 0 spiro atoms. The number of rotatable bonds is 2. The zero-order chi connectivity index (χ0) is 13.4. The van der Waals surface area contributed by atoms with Crippen molar-refractivity contribution in [3.8, 4) is 11.4 Å². The molecule has 3 N–H and O–H groups in total. The first kappa shape index (κ1) is 12.2. The van der Waals surface area contributed by atoms with Crippen molar-refractivity contribution in [1.29, 1.82) is 0 Å². The van der Waals surface area contributed by atoms with E-state index in [9.17, 15) is 5.11 Å². The van der Waals surface area contributed by atoms with Crippen molar-refractivity contribution in [2.45, 2.75) is 32.1 Å². The summed E-state index contributed by atoms with van der Waals surface area (Å²) in [7, 11) is 0. The molecule has 0 radical (unpaired) electrons. The molecule has 0 fully saturated rings. The highest BCUT2D eigenvalue weighted by Gasteiger charge is 2.26.